The molecule has 2 heterocycles. The number of fused-ring (bicyclic) bond motifs is 1. The van der Waals surface area contributed by atoms with Crippen molar-refractivity contribution < 1.29 is 28.9 Å². The lowest BCUT2D eigenvalue weighted by atomic mass is 9.86. The average molecular weight is 288 g/mol. The molecule has 19 heavy (non-hydrogen) atoms. The number of benzene rings is 1. The maximum atomic E-state index is 8.60. The number of hydrogen-bond donors (Lipinski definition) is 1. The minimum absolute atomic E-state index is 0.432. The summed E-state index contributed by atoms with van der Waals surface area (Å²) in [4.78, 5) is 2.70. The summed E-state index contributed by atoms with van der Waals surface area (Å²) >= 11 is 0. The lowest BCUT2D eigenvalue weighted by Crippen LogP contribution is -2.58. The van der Waals surface area contributed by atoms with Crippen molar-refractivity contribution in [2.75, 3.05) is 13.1 Å². The van der Waals surface area contributed by atoms with Crippen molar-refractivity contribution in [3.05, 3.63) is 35.9 Å². The van der Waals surface area contributed by atoms with E-state index < -0.39 is 10.2 Å². The first-order valence-corrected chi connectivity index (χ1v) is 7.62. The predicted molar refractivity (Wildman–Crippen MR) is 60.4 cm³/mol. The van der Waals surface area contributed by atoms with Crippen LogP contribution in [0.1, 0.15) is 31.2 Å². The summed E-state index contributed by atoms with van der Waals surface area (Å²) in [7, 11) is -4.69. The van der Waals surface area contributed by atoms with Crippen LogP contribution in [0.3, 0.4) is 0 Å². The molecule has 2 saturated heterocycles. The Kier molecular flexibility index (Phi) is 4.45. The molecule has 106 valence electrons. The van der Waals surface area contributed by atoms with Crippen LogP contribution in [0, 0.1) is 10.2 Å². The molecule has 3 rings (SSSR count). The van der Waals surface area contributed by atoms with Gasteiger partial charge in [0.1, 0.15) is 0 Å². The molecule has 0 aromatic heterocycles. The third-order valence-electron chi connectivity index (χ3n) is 3.95. The van der Waals surface area contributed by atoms with E-state index >= 15 is 0 Å². The summed E-state index contributed by atoms with van der Waals surface area (Å²) in [6.07, 6.45) is 5.51. The highest BCUT2D eigenvalue weighted by atomic mass is 35.7. The zero-order valence-electron chi connectivity index (χ0n) is 10.6. The second kappa shape index (κ2) is 5.75. The molecular formula is C13H18ClNO4. The highest BCUT2D eigenvalue weighted by molar-refractivity contribution is 5.27. The number of rotatable bonds is 1. The van der Waals surface area contributed by atoms with Gasteiger partial charge in [0.15, 0.2) is 0 Å². The Morgan fingerprint density at radius 1 is 1.00 bits per heavy atom. The molecule has 2 fully saturated rings. The molecule has 6 heteroatoms. The fraction of sp³-hybridized carbons (Fsp3) is 0.538. The number of nitrogens with zero attached hydrogens (tertiary/aromatic N) is 1. The minimum Gasteiger partial charge on any atom is -0.294 e. The predicted octanol–water partition coefficient (Wildman–Crippen LogP) is -1.35. The number of halogens is 1. The van der Waals surface area contributed by atoms with Crippen LogP contribution < -0.4 is 14.0 Å². The Bertz CT molecular complexity index is 391. The topological polar surface area (TPSA) is 92.6 Å². The van der Waals surface area contributed by atoms with Crippen LogP contribution in [-0.2, 0) is 5.54 Å². The van der Waals surface area contributed by atoms with Gasteiger partial charge in [0.05, 0.1) is 14.9 Å². The van der Waals surface area contributed by atoms with Crippen molar-refractivity contribution in [2.45, 2.75) is 31.2 Å². The zero-order valence-corrected chi connectivity index (χ0v) is 11.4. The molecule has 0 radical (unpaired) electrons. The van der Waals surface area contributed by atoms with E-state index in [1.165, 1.54) is 38.8 Å². The first-order valence-electron chi connectivity index (χ1n) is 6.36. The van der Waals surface area contributed by atoms with E-state index in [2.05, 4.69) is 35.2 Å². The Morgan fingerprint density at radius 2 is 1.47 bits per heavy atom. The van der Waals surface area contributed by atoms with Gasteiger partial charge in [-0.05, 0) is 44.3 Å². The van der Waals surface area contributed by atoms with Crippen molar-refractivity contribution in [3.8, 4) is 0 Å². The van der Waals surface area contributed by atoms with Crippen LogP contribution in [0.5, 0.6) is 0 Å². The largest absolute Gasteiger partial charge is 0.294 e. The highest BCUT2D eigenvalue weighted by Gasteiger charge is 2.44. The van der Waals surface area contributed by atoms with Crippen LogP contribution in [0.2, 0.25) is 0 Å². The Labute approximate surface area is 114 Å². The van der Waals surface area contributed by atoms with Gasteiger partial charge in [0.2, 0.25) is 0 Å². The first kappa shape index (κ1) is 14.7. The normalized spacial score (nSPS) is 21.7. The van der Waals surface area contributed by atoms with E-state index in [-0.39, 0.29) is 0 Å². The van der Waals surface area contributed by atoms with Gasteiger partial charge in [0, 0.05) is 5.54 Å². The van der Waals surface area contributed by atoms with E-state index in [0.29, 0.717) is 5.54 Å². The molecule has 0 spiro atoms. The lowest BCUT2D eigenvalue weighted by Gasteiger charge is -2.32. The number of hydrogen-bond acceptors (Lipinski definition) is 5. The zero-order chi connectivity index (χ0) is 13.9. The molecule has 0 amide bonds. The standard InChI is InChI=1S/C13H17N.ClHO4/c1-2-6-12(7-3-1)13-8-4-10-14(13)11-5-9-13;2-1(3,4)5/h1-3,6-7H,4-5,8-11H2;(H,2,3,4,5). The lowest BCUT2D eigenvalue weighted by molar-refractivity contribution is -1.92. The van der Waals surface area contributed by atoms with Gasteiger partial charge in [-0.1, -0.05) is 30.3 Å². The fourth-order valence-corrected chi connectivity index (χ4v) is 3.33. The third-order valence-corrected chi connectivity index (χ3v) is 3.95. The van der Waals surface area contributed by atoms with Crippen molar-refractivity contribution >= 4 is 0 Å². The van der Waals surface area contributed by atoms with E-state index in [0.717, 1.165) is 0 Å². The van der Waals surface area contributed by atoms with E-state index in [9.17, 15) is 0 Å². The quantitative estimate of drug-likeness (QED) is 0.689. The van der Waals surface area contributed by atoms with Crippen LogP contribution in [-0.4, -0.2) is 22.6 Å². The summed E-state index contributed by atoms with van der Waals surface area (Å²) in [5, 5.41) is 0. The van der Waals surface area contributed by atoms with Crippen molar-refractivity contribution in [1.29, 1.82) is 0 Å². The summed E-state index contributed by atoms with van der Waals surface area (Å²) in [6.45, 7) is 2.63. The minimum atomic E-state index is -4.69. The molecule has 1 aromatic rings. The van der Waals surface area contributed by atoms with Gasteiger partial charge in [-0.3, -0.25) is 4.90 Å². The van der Waals surface area contributed by atoms with E-state index in [1.807, 2.05) is 0 Å². The summed E-state index contributed by atoms with van der Waals surface area (Å²) in [5.41, 5.74) is 1.98. The molecule has 1 N–H and O–H groups in total. The molecule has 0 unspecified atom stereocenters. The van der Waals surface area contributed by atoms with Gasteiger partial charge in [-0.25, -0.2) is 0 Å². The molecule has 2 aliphatic heterocycles. The molecule has 1 aromatic carbocycles. The Balaban J connectivity index is 0.000000232. The van der Waals surface area contributed by atoms with Gasteiger partial charge in [-0.15, -0.1) is 0 Å². The monoisotopic (exact) mass is 287 g/mol. The SMILES string of the molecule is [O-][Cl+3]([O-])([O-])O.c1ccc(C23CCCN2CCC3)cc1. The molecule has 2 aliphatic rings. The van der Waals surface area contributed by atoms with E-state index in [1.54, 1.807) is 5.56 Å². The second-order valence-corrected chi connectivity index (χ2v) is 5.78. The molecule has 0 atom stereocenters. The Morgan fingerprint density at radius 3 is 1.95 bits per heavy atom. The molecule has 5 nitrogen and oxygen atoms in total. The van der Waals surface area contributed by atoms with Gasteiger partial charge in [0.25, 0.3) is 0 Å². The van der Waals surface area contributed by atoms with Crippen molar-refractivity contribution in [1.82, 2.24) is 4.90 Å². The van der Waals surface area contributed by atoms with Crippen molar-refractivity contribution in [2.24, 2.45) is 0 Å². The second-order valence-electron chi connectivity index (χ2n) is 4.99. The van der Waals surface area contributed by atoms with Crippen LogP contribution in [0.15, 0.2) is 30.3 Å². The molecule has 0 saturated carbocycles. The molecule has 0 bridgehead atoms. The van der Waals surface area contributed by atoms with Crippen LogP contribution in [0.4, 0.5) is 0 Å². The van der Waals surface area contributed by atoms with Gasteiger partial charge < -0.3 is 0 Å². The third kappa shape index (κ3) is 3.66. The summed E-state index contributed by atoms with van der Waals surface area (Å²) < 4.78 is 32.7. The van der Waals surface area contributed by atoms with E-state index in [4.69, 9.17) is 18.6 Å². The average Bonchev–Trinajstić information content (AvgIpc) is 2.87. The molecular weight excluding hydrogens is 270 g/mol. The fourth-order valence-electron chi connectivity index (χ4n) is 3.33. The summed E-state index contributed by atoms with van der Waals surface area (Å²) in [5.74, 6) is 0. The smallest absolute Gasteiger partial charge is 0.0777 e. The highest BCUT2D eigenvalue weighted by Crippen LogP contribution is 2.46. The van der Waals surface area contributed by atoms with Gasteiger partial charge >= 0.3 is 0 Å². The first-order chi connectivity index (χ1) is 8.92. The molecule has 0 aliphatic carbocycles. The van der Waals surface area contributed by atoms with Gasteiger partial charge in [-0.2, -0.15) is 14.0 Å². The van der Waals surface area contributed by atoms with Crippen molar-refractivity contribution in [3.63, 3.8) is 0 Å². The van der Waals surface area contributed by atoms with Crippen LogP contribution >= 0.6 is 0 Å². The maximum Gasteiger partial charge on any atom is 0.0777 e. The Hall–Kier alpha value is -0.690. The van der Waals surface area contributed by atoms with Crippen LogP contribution in [0.25, 0.3) is 0 Å². The maximum absolute atomic E-state index is 8.60. The summed E-state index contributed by atoms with van der Waals surface area (Å²) in [6, 6.07) is 11.1.